The molecule has 0 bridgehead atoms. The van der Waals surface area contributed by atoms with E-state index in [1.165, 1.54) is 4.68 Å². The van der Waals surface area contributed by atoms with Crippen molar-refractivity contribution >= 4 is 5.97 Å². The van der Waals surface area contributed by atoms with E-state index in [1.807, 2.05) is 0 Å². The molecule has 1 atom stereocenters. The number of carbonyl (C=O) groups excluding carboxylic acids is 1. The van der Waals surface area contributed by atoms with Crippen molar-refractivity contribution in [2.24, 2.45) is 0 Å². The Bertz CT molecular complexity index is 364. The minimum absolute atomic E-state index is 0.238. The van der Waals surface area contributed by atoms with Gasteiger partial charge in [0, 0.05) is 13.1 Å². The van der Waals surface area contributed by atoms with Gasteiger partial charge in [-0.1, -0.05) is 0 Å². The Kier molecular flexibility index (Phi) is 3.24. The molecular formula is C9H11N3O2. The fraction of sp³-hybridized carbons (Fsp3) is 0.444. The van der Waals surface area contributed by atoms with Gasteiger partial charge in [-0.3, -0.25) is 4.85 Å². The second-order valence-corrected chi connectivity index (χ2v) is 2.66. The monoisotopic (exact) mass is 193 g/mol. The number of aromatic nitrogens is 2. The van der Waals surface area contributed by atoms with Gasteiger partial charge in [0.2, 0.25) is 0 Å². The first-order valence-electron chi connectivity index (χ1n) is 4.28. The normalized spacial score (nSPS) is 11.8. The van der Waals surface area contributed by atoms with Crippen molar-refractivity contribution < 1.29 is 9.53 Å². The van der Waals surface area contributed by atoms with Crippen LogP contribution in [0.5, 0.6) is 0 Å². The van der Waals surface area contributed by atoms with Crippen molar-refractivity contribution in [2.75, 3.05) is 6.61 Å². The summed E-state index contributed by atoms with van der Waals surface area (Å²) in [4.78, 5) is 14.5. The topological polar surface area (TPSA) is 48.5 Å². The summed E-state index contributed by atoms with van der Waals surface area (Å²) in [5.41, 5.74) is 0.238. The minimum atomic E-state index is -0.455. The van der Waals surface area contributed by atoms with Gasteiger partial charge in [0.1, 0.15) is 0 Å². The smallest absolute Gasteiger partial charge is 0.358 e. The first kappa shape index (κ1) is 10.3. The highest BCUT2D eigenvalue weighted by Gasteiger charge is 2.14. The van der Waals surface area contributed by atoms with Crippen molar-refractivity contribution in [1.29, 1.82) is 0 Å². The zero-order valence-corrected chi connectivity index (χ0v) is 8.10. The third-order valence-corrected chi connectivity index (χ3v) is 1.66. The van der Waals surface area contributed by atoms with Crippen molar-refractivity contribution in [1.82, 2.24) is 9.78 Å². The average molecular weight is 193 g/mol. The maximum Gasteiger partial charge on any atom is 0.358 e. The summed E-state index contributed by atoms with van der Waals surface area (Å²) in [5.74, 6) is -0.455. The van der Waals surface area contributed by atoms with Gasteiger partial charge < -0.3 is 4.74 Å². The molecule has 5 nitrogen and oxygen atoms in total. The summed E-state index contributed by atoms with van der Waals surface area (Å²) in [6, 6.07) is 1.54. The Morgan fingerprint density at radius 2 is 2.57 bits per heavy atom. The lowest BCUT2D eigenvalue weighted by atomic mass is 10.4. The van der Waals surface area contributed by atoms with Gasteiger partial charge in [-0.15, -0.1) is 0 Å². The van der Waals surface area contributed by atoms with Gasteiger partial charge in [-0.25, -0.2) is 11.4 Å². The second kappa shape index (κ2) is 4.42. The molecule has 0 fully saturated rings. The van der Waals surface area contributed by atoms with E-state index in [-0.39, 0.29) is 5.69 Å². The molecule has 0 amide bonds. The van der Waals surface area contributed by atoms with E-state index in [1.54, 1.807) is 26.1 Å². The van der Waals surface area contributed by atoms with Crippen LogP contribution in [0.1, 0.15) is 30.5 Å². The van der Waals surface area contributed by atoms with E-state index in [2.05, 4.69) is 9.94 Å². The standard InChI is InChI=1S/C9H11N3O2/c1-4-14-9(13)8-5-6-12(11-8)7(2)10-3/h5-7H,4H2,1-2H3. The highest BCUT2D eigenvalue weighted by molar-refractivity contribution is 5.86. The van der Waals surface area contributed by atoms with Gasteiger partial charge in [-0.2, -0.15) is 9.78 Å². The van der Waals surface area contributed by atoms with E-state index >= 15 is 0 Å². The van der Waals surface area contributed by atoms with Gasteiger partial charge in [0.05, 0.1) is 6.61 Å². The van der Waals surface area contributed by atoms with E-state index in [4.69, 9.17) is 11.3 Å². The van der Waals surface area contributed by atoms with Gasteiger partial charge in [-0.05, 0) is 13.0 Å². The van der Waals surface area contributed by atoms with Gasteiger partial charge in [0.25, 0.3) is 0 Å². The number of carbonyl (C=O) groups is 1. The molecule has 0 aliphatic carbocycles. The van der Waals surface area contributed by atoms with Crippen LogP contribution in [-0.2, 0) is 4.74 Å². The van der Waals surface area contributed by atoms with Crippen molar-refractivity contribution in [3.8, 4) is 0 Å². The molecule has 0 saturated carbocycles. The lowest BCUT2D eigenvalue weighted by Crippen LogP contribution is -2.08. The van der Waals surface area contributed by atoms with E-state index in [9.17, 15) is 4.79 Å². The molecule has 0 aliphatic heterocycles. The molecule has 0 spiro atoms. The molecule has 5 heteroatoms. The first-order chi connectivity index (χ1) is 6.69. The lowest BCUT2D eigenvalue weighted by molar-refractivity contribution is 0.0518. The Hall–Kier alpha value is -1.83. The van der Waals surface area contributed by atoms with Gasteiger partial charge >= 0.3 is 12.1 Å². The number of rotatable bonds is 3. The van der Waals surface area contributed by atoms with Crippen molar-refractivity contribution in [3.05, 3.63) is 29.4 Å². The Labute approximate surface area is 82.1 Å². The molecule has 1 unspecified atom stereocenters. The van der Waals surface area contributed by atoms with Crippen LogP contribution in [0, 0.1) is 6.57 Å². The van der Waals surface area contributed by atoms with Crippen LogP contribution in [0.3, 0.4) is 0 Å². The molecule has 1 aromatic heterocycles. The van der Waals surface area contributed by atoms with Crippen LogP contribution >= 0.6 is 0 Å². The summed E-state index contributed by atoms with van der Waals surface area (Å²) >= 11 is 0. The fourth-order valence-electron chi connectivity index (χ4n) is 0.919. The highest BCUT2D eigenvalue weighted by Crippen LogP contribution is 2.07. The first-order valence-corrected chi connectivity index (χ1v) is 4.28. The Morgan fingerprint density at radius 3 is 3.14 bits per heavy atom. The quantitative estimate of drug-likeness (QED) is 0.540. The molecule has 1 rings (SSSR count). The third kappa shape index (κ3) is 2.10. The van der Waals surface area contributed by atoms with Crippen LogP contribution in [0.15, 0.2) is 12.3 Å². The summed E-state index contributed by atoms with van der Waals surface area (Å²) in [6.45, 7) is 10.6. The van der Waals surface area contributed by atoms with Crippen LogP contribution in [0.2, 0.25) is 0 Å². The van der Waals surface area contributed by atoms with Crippen LogP contribution in [0.25, 0.3) is 4.85 Å². The SMILES string of the molecule is [C-]#[N+]C(C)n1ccc(C(=O)OCC)n1. The predicted molar refractivity (Wildman–Crippen MR) is 49.5 cm³/mol. The minimum Gasteiger partial charge on any atom is -0.461 e. The Balaban J connectivity index is 2.78. The number of nitrogens with zero attached hydrogens (tertiary/aromatic N) is 3. The highest BCUT2D eigenvalue weighted by atomic mass is 16.5. The predicted octanol–water partition coefficient (Wildman–Crippen LogP) is 1.50. The molecule has 1 aromatic rings. The van der Waals surface area contributed by atoms with E-state index in [0.717, 1.165) is 0 Å². The maximum absolute atomic E-state index is 11.2. The maximum atomic E-state index is 11.2. The number of esters is 1. The lowest BCUT2D eigenvalue weighted by Gasteiger charge is -1.98. The van der Waals surface area contributed by atoms with Crippen molar-refractivity contribution in [2.45, 2.75) is 20.0 Å². The molecule has 0 N–H and O–H groups in total. The number of ether oxygens (including phenoxy) is 1. The molecular weight excluding hydrogens is 182 g/mol. The summed E-state index contributed by atoms with van der Waals surface area (Å²) in [6.07, 6.45) is 1.20. The zero-order chi connectivity index (χ0) is 10.6. The molecule has 0 saturated heterocycles. The van der Waals surface area contributed by atoms with Crippen molar-refractivity contribution in [3.63, 3.8) is 0 Å². The molecule has 0 aromatic carbocycles. The molecule has 14 heavy (non-hydrogen) atoms. The number of hydrogen-bond acceptors (Lipinski definition) is 3. The van der Waals surface area contributed by atoms with Gasteiger partial charge in [0.15, 0.2) is 5.69 Å². The van der Waals surface area contributed by atoms with E-state index in [0.29, 0.717) is 6.61 Å². The summed E-state index contributed by atoms with van der Waals surface area (Å²) in [7, 11) is 0. The summed E-state index contributed by atoms with van der Waals surface area (Å²) < 4.78 is 6.19. The Morgan fingerprint density at radius 1 is 1.86 bits per heavy atom. The molecule has 1 heterocycles. The largest absolute Gasteiger partial charge is 0.461 e. The molecule has 0 radical (unpaired) electrons. The average Bonchev–Trinajstić information content (AvgIpc) is 2.66. The second-order valence-electron chi connectivity index (χ2n) is 2.66. The van der Waals surface area contributed by atoms with Crippen LogP contribution < -0.4 is 0 Å². The molecule has 0 aliphatic rings. The molecule has 74 valence electrons. The van der Waals surface area contributed by atoms with Crippen LogP contribution in [-0.4, -0.2) is 22.4 Å². The zero-order valence-electron chi connectivity index (χ0n) is 8.10. The fourth-order valence-corrected chi connectivity index (χ4v) is 0.919. The summed E-state index contributed by atoms with van der Waals surface area (Å²) in [5, 5.41) is 3.93. The van der Waals surface area contributed by atoms with E-state index < -0.39 is 12.1 Å². The third-order valence-electron chi connectivity index (χ3n) is 1.66. The number of hydrogen-bond donors (Lipinski definition) is 0. The van der Waals surface area contributed by atoms with Crippen LogP contribution in [0.4, 0.5) is 0 Å².